The zero-order valence-corrected chi connectivity index (χ0v) is 22.5. The van der Waals surface area contributed by atoms with Gasteiger partial charge in [-0.3, -0.25) is 4.40 Å². The van der Waals surface area contributed by atoms with Crippen molar-refractivity contribution in [2.45, 2.75) is 18.4 Å². The molecule has 14 heteroatoms. The van der Waals surface area contributed by atoms with Gasteiger partial charge in [0.15, 0.2) is 5.82 Å². The molecule has 0 aliphatic carbocycles. The van der Waals surface area contributed by atoms with Gasteiger partial charge in [-0.05, 0) is 30.9 Å². The number of aryl methyl sites for hydroxylation is 1. The van der Waals surface area contributed by atoms with Crippen LogP contribution in [0.2, 0.25) is 0 Å². The standard InChI is InChI=1S/C23H25N9O3S2/c1-15-26-22(32(28-15)11-16-6-8-17(35-4)9-7-16)20-21(31-12-18(36-5)10-24-23(31)27-20)19-13-30(14-25-19)37(33,34)29(2)3/h6-10,12-14H,11H2,1-5H3. The number of aromatic nitrogens is 8. The Labute approximate surface area is 218 Å². The van der Waals surface area contributed by atoms with Crippen molar-refractivity contribution >= 4 is 27.7 Å². The van der Waals surface area contributed by atoms with E-state index in [1.54, 1.807) is 22.4 Å². The molecule has 0 atom stereocenters. The molecule has 4 heterocycles. The maximum atomic E-state index is 12.7. The molecule has 0 unspecified atom stereocenters. The lowest BCUT2D eigenvalue weighted by Crippen LogP contribution is -2.27. The molecule has 0 saturated carbocycles. The predicted octanol–water partition coefficient (Wildman–Crippen LogP) is 2.59. The fraction of sp³-hybridized carbons (Fsp3) is 0.261. The fourth-order valence-electron chi connectivity index (χ4n) is 3.81. The summed E-state index contributed by atoms with van der Waals surface area (Å²) in [5.41, 5.74) is 2.47. The maximum absolute atomic E-state index is 12.7. The van der Waals surface area contributed by atoms with E-state index in [4.69, 9.17) is 9.72 Å². The number of fused-ring (bicyclic) bond motifs is 1. The number of imidazole rings is 2. The summed E-state index contributed by atoms with van der Waals surface area (Å²) in [5.74, 6) is 2.29. The molecule has 0 bridgehead atoms. The third-order valence-corrected chi connectivity index (χ3v) is 8.04. The first-order chi connectivity index (χ1) is 17.7. The van der Waals surface area contributed by atoms with Crippen molar-refractivity contribution < 1.29 is 13.2 Å². The second-order valence-electron chi connectivity index (χ2n) is 8.34. The minimum atomic E-state index is -3.75. The molecule has 0 saturated heterocycles. The van der Waals surface area contributed by atoms with E-state index in [0.29, 0.717) is 41.1 Å². The molecule has 192 valence electrons. The predicted molar refractivity (Wildman–Crippen MR) is 140 cm³/mol. The van der Waals surface area contributed by atoms with E-state index in [9.17, 15) is 8.42 Å². The van der Waals surface area contributed by atoms with E-state index in [2.05, 4.69) is 20.1 Å². The van der Waals surface area contributed by atoms with Crippen LogP contribution in [0.5, 0.6) is 5.75 Å². The average molecular weight is 540 g/mol. The molecule has 0 aliphatic rings. The highest BCUT2D eigenvalue weighted by atomic mass is 32.2. The van der Waals surface area contributed by atoms with Crippen molar-refractivity contribution in [1.29, 1.82) is 0 Å². The second-order valence-corrected chi connectivity index (χ2v) is 11.3. The number of methoxy groups -OCH3 is 1. The van der Waals surface area contributed by atoms with E-state index >= 15 is 0 Å². The molecule has 0 radical (unpaired) electrons. The Hall–Kier alpha value is -3.75. The zero-order chi connectivity index (χ0) is 26.3. The van der Waals surface area contributed by atoms with Crippen LogP contribution in [0.25, 0.3) is 28.7 Å². The largest absolute Gasteiger partial charge is 0.497 e. The Balaban J connectivity index is 1.69. The van der Waals surface area contributed by atoms with Crippen molar-refractivity contribution in [2.24, 2.45) is 0 Å². The van der Waals surface area contributed by atoms with Crippen molar-refractivity contribution in [2.75, 3.05) is 27.5 Å². The lowest BCUT2D eigenvalue weighted by Gasteiger charge is -2.10. The van der Waals surface area contributed by atoms with Crippen LogP contribution in [0.3, 0.4) is 0 Å². The molecule has 0 amide bonds. The monoisotopic (exact) mass is 539 g/mol. The topological polar surface area (TPSA) is 125 Å². The second kappa shape index (κ2) is 9.61. The molecule has 37 heavy (non-hydrogen) atoms. The van der Waals surface area contributed by atoms with E-state index in [0.717, 1.165) is 24.5 Å². The van der Waals surface area contributed by atoms with Crippen LogP contribution in [0.1, 0.15) is 11.4 Å². The van der Waals surface area contributed by atoms with Crippen LogP contribution >= 0.6 is 11.8 Å². The van der Waals surface area contributed by atoms with Gasteiger partial charge in [-0.15, -0.1) is 11.8 Å². The van der Waals surface area contributed by atoms with Crippen LogP contribution in [0.15, 0.2) is 54.1 Å². The molecular formula is C23H25N9O3S2. The van der Waals surface area contributed by atoms with Crippen LogP contribution in [-0.2, 0) is 16.8 Å². The molecule has 0 N–H and O–H groups in total. The smallest absolute Gasteiger partial charge is 0.308 e. The number of nitrogens with zero attached hydrogens (tertiary/aromatic N) is 9. The van der Waals surface area contributed by atoms with Crippen molar-refractivity contribution in [3.8, 4) is 28.7 Å². The van der Waals surface area contributed by atoms with E-state index < -0.39 is 10.2 Å². The lowest BCUT2D eigenvalue weighted by atomic mass is 10.2. The molecule has 1 aromatic carbocycles. The van der Waals surface area contributed by atoms with E-state index in [-0.39, 0.29) is 0 Å². The number of thioether (sulfide) groups is 1. The molecule has 5 rings (SSSR count). The third-order valence-electron chi connectivity index (χ3n) is 5.70. The molecule has 0 spiro atoms. The molecule has 12 nitrogen and oxygen atoms in total. The van der Waals surface area contributed by atoms with Crippen LogP contribution in [0, 0.1) is 6.92 Å². The third kappa shape index (κ3) is 4.58. The fourth-order valence-corrected chi connectivity index (χ4v) is 4.96. The Morgan fingerprint density at radius 3 is 2.51 bits per heavy atom. The average Bonchev–Trinajstić information content (AvgIpc) is 3.60. The van der Waals surface area contributed by atoms with Crippen LogP contribution in [0.4, 0.5) is 0 Å². The van der Waals surface area contributed by atoms with Crippen molar-refractivity contribution in [3.05, 3.63) is 60.6 Å². The first-order valence-electron chi connectivity index (χ1n) is 11.2. The number of rotatable bonds is 8. The summed E-state index contributed by atoms with van der Waals surface area (Å²) < 4.78 is 36.5. The van der Waals surface area contributed by atoms with Gasteiger partial charge in [0.25, 0.3) is 0 Å². The van der Waals surface area contributed by atoms with Gasteiger partial charge in [-0.25, -0.2) is 28.6 Å². The Morgan fingerprint density at radius 2 is 1.84 bits per heavy atom. The molecular weight excluding hydrogens is 514 g/mol. The van der Waals surface area contributed by atoms with Gasteiger partial charge in [0.05, 0.1) is 19.9 Å². The van der Waals surface area contributed by atoms with Gasteiger partial charge < -0.3 is 4.74 Å². The van der Waals surface area contributed by atoms with Gasteiger partial charge >= 0.3 is 10.2 Å². The maximum Gasteiger partial charge on any atom is 0.308 e. The summed E-state index contributed by atoms with van der Waals surface area (Å²) >= 11 is 1.54. The Bertz CT molecular complexity index is 1690. The Morgan fingerprint density at radius 1 is 1.08 bits per heavy atom. The minimum Gasteiger partial charge on any atom is -0.497 e. The number of hydrogen-bond acceptors (Lipinski definition) is 9. The summed E-state index contributed by atoms with van der Waals surface area (Å²) in [5, 5.41) is 4.60. The number of benzene rings is 1. The summed E-state index contributed by atoms with van der Waals surface area (Å²) in [7, 11) is 0.811. The Kier molecular flexibility index (Phi) is 6.47. The van der Waals surface area contributed by atoms with Gasteiger partial charge in [0.1, 0.15) is 35.0 Å². The molecule has 0 fully saturated rings. The van der Waals surface area contributed by atoms with E-state index in [1.165, 1.54) is 38.4 Å². The van der Waals surface area contributed by atoms with Crippen LogP contribution in [-0.4, -0.2) is 78.3 Å². The summed E-state index contributed by atoms with van der Waals surface area (Å²) in [6.07, 6.45) is 8.32. The van der Waals surface area contributed by atoms with Crippen LogP contribution < -0.4 is 4.74 Å². The quantitative estimate of drug-likeness (QED) is 0.274. The summed E-state index contributed by atoms with van der Waals surface area (Å²) in [6, 6.07) is 7.70. The molecule has 4 aromatic heterocycles. The number of hydrogen-bond donors (Lipinski definition) is 0. The normalized spacial score (nSPS) is 12.1. The minimum absolute atomic E-state index is 0.407. The van der Waals surface area contributed by atoms with Gasteiger partial charge in [0, 0.05) is 31.4 Å². The van der Waals surface area contributed by atoms with Gasteiger partial charge in [-0.1, -0.05) is 12.1 Å². The highest BCUT2D eigenvalue weighted by molar-refractivity contribution is 7.98. The van der Waals surface area contributed by atoms with Gasteiger partial charge in [0.2, 0.25) is 5.78 Å². The van der Waals surface area contributed by atoms with Crippen molar-refractivity contribution in [1.82, 2.24) is 42.4 Å². The van der Waals surface area contributed by atoms with E-state index in [1.807, 2.05) is 43.6 Å². The zero-order valence-electron chi connectivity index (χ0n) is 20.9. The first-order valence-corrected chi connectivity index (χ1v) is 13.8. The lowest BCUT2D eigenvalue weighted by molar-refractivity contribution is 0.414. The molecule has 5 aromatic rings. The summed E-state index contributed by atoms with van der Waals surface area (Å²) in [4.78, 5) is 19.3. The van der Waals surface area contributed by atoms with Crippen molar-refractivity contribution in [3.63, 3.8) is 0 Å². The highest BCUT2D eigenvalue weighted by Gasteiger charge is 2.25. The SMILES string of the molecule is COc1ccc(Cn2nc(C)nc2-c2nc3ncc(SC)cn3c2-c2cn(S(=O)(=O)N(C)C)cn2)cc1. The highest BCUT2D eigenvalue weighted by Crippen LogP contribution is 2.32. The number of ether oxygens (including phenoxy) is 1. The molecule has 0 aliphatic heterocycles. The summed E-state index contributed by atoms with van der Waals surface area (Å²) in [6.45, 7) is 2.26. The first kappa shape index (κ1) is 24.9. The van der Waals surface area contributed by atoms with Gasteiger partial charge in [-0.2, -0.15) is 17.8 Å².